The molecule has 0 saturated carbocycles. The van der Waals surface area contributed by atoms with Gasteiger partial charge < -0.3 is 20.7 Å². The SMILES string of the molecule is CC.CC.CC.CC#CCNC(=O)COCCNC(SSCCNCC)C(C)C. The Balaban J connectivity index is -0.000000472. The first kappa shape index (κ1) is 36.0. The van der Waals surface area contributed by atoms with E-state index in [0.29, 0.717) is 24.4 Å². The average Bonchev–Trinajstić information content (AvgIpc) is 2.76. The summed E-state index contributed by atoms with van der Waals surface area (Å²) in [6.45, 7) is 24.1. The summed E-state index contributed by atoms with van der Waals surface area (Å²) in [6.07, 6.45) is 0. The van der Waals surface area contributed by atoms with E-state index in [4.69, 9.17) is 4.74 Å². The van der Waals surface area contributed by atoms with E-state index in [1.807, 2.05) is 63.1 Å². The van der Waals surface area contributed by atoms with E-state index in [2.05, 4.69) is 48.6 Å². The predicted octanol–water partition coefficient (Wildman–Crippen LogP) is 4.78. The van der Waals surface area contributed by atoms with Crippen LogP contribution in [0.2, 0.25) is 0 Å². The Labute approximate surface area is 190 Å². The highest BCUT2D eigenvalue weighted by atomic mass is 33.1. The molecule has 7 heteroatoms. The van der Waals surface area contributed by atoms with Gasteiger partial charge in [-0.3, -0.25) is 4.79 Å². The van der Waals surface area contributed by atoms with Crippen LogP contribution >= 0.6 is 21.6 Å². The lowest BCUT2D eigenvalue weighted by molar-refractivity contribution is -0.125. The van der Waals surface area contributed by atoms with Crippen molar-refractivity contribution >= 4 is 27.5 Å². The van der Waals surface area contributed by atoms with Crippen LogP contribution in [0, 0.1) is 17.8 Å². The minimum atomic E-state index is -0.124. The minimum Gasteiger partial charge on any atom is -0.370 e. The van der Waals surface area contributed by atoms with Gasteiger partial charge in [-0.05, 0) is 19.4 Å². The largest absolute Gasteiger partial charge is 0.370 e. The Morgan fingerprint density at radius 3 is 2.21 bits per heavy atom. The Kier molecular flexibility index (Phi) is 43.6. The van der Waals surface area contributed by atoms with E-state index in [-0.39, 0.29) is 12.5 Å². The second-order valence-electron chi connectivity index (χ2n) is 5.15. The summed E-state index contributed by atoms with van der Waals surface area (Å²) in [5.74, 6) is 7.03. The zero-order chi connectivity index (χ0) is 23.3. The molecule has 0 aromatic rings. The van der Waals surface area contributed by atoms with Gasteiger partial charge in [-0.1, -0.05) is 89.8 Å². The Morgan fingerprint density at radius 2 is 1.69 bits per heavy atom. The first-order valence-electron chi connectivity index (χ1n) is 11.1. The summed E-state index contributed by atoms with van der Waals surface area (Å²) in [5, 5.41) is 9.86. The number of carbonyl (C=O) groups excluding carboxylic acids is 1. The summed E-state index contributed by atoms with van der Waals surface area (Å²) < 4.78 is 5.37. The van der Waals surface area contributed by atoms with Gasteiger partial charge >= 0.3 is 0 Å². The van der Waals surface area contributed by atoms with Gasteiger partial charge in [0, 0.05) is 18.8 Å². The molecule has 29 heavy (non-hydrogen) atoms. The van der Waals surface area contributed by atoms with Crippen molar-refractivity contribution in [2.24, 2.45) is 5.92 Å². The Bertz CT molecular complexity index is 360. The van der Waals surface area contributed by atoms with Crippen molar-refractivity contribution in [1.82, 2.24) is 16.0 Å². The predicted molar refractivity (Wildman–Crippen MR) is 137 cm³/mol. The van der Waals surface area contributed by atoms with Gasteiger partial charge in [-0.15, -0.1) is 5.92 Å². The topological polar surface area (TPSA) is 62.4 Å². The van der Waals surface area contributed by atoms with E-state index in [9.17, 15) is 4.79 Å². The highest BCUT2D eigenvalue weighted by molar-refractivity contribution is 8.76. The standard InChI is InChI=1S/C16H31N3O2S2.3C2H6/c1-5-7-8-18-15(20)13-21-11-9-19-16(14(3)4)23-22-12-10-17-6-2;3*1-2/h14,16-17,19H,6,8-13H2,1-4H3,(H,18,20);3*1-2H3. The Morgan fingerprint density at radius 1 is 1.07 bits per heavy atom. The third kappa shape index (κ3) is 32.5. The molecule has 3 N–H and O–H groups in total. The van der Waals surface area contributed by atoms with Crippen molar-refractivity contribution in [3.63, 3.8) is 0 Å². The zero-order valence-corrected chi connectivity index (χ0v) is 22.4. The Hall–Kier alpha value is -0.390. The van der Waals surface area contributed by atoms with Gasteiger partial charge in [0.25, 0.3) is 0 Å². The monoisotopic (exact) mass is 451 g/mol. The molecular weight excluding hydrogens is 402 g/mol. The van der Waals surface area contributed by atoms with Crippen LogP contribution in [-0.2, 0) is 9.53 Å². The number of ether oxygens (including phenoxy) is 1. The van der Waals surface area contributed by atoms with Gasteiger partial charge in [-0.2, -0.15) is 0 Å². The molecule has 0 aliphatic rings. The number of amides is 1. The quantitative estimate of drug-likeness (QED) is 0.153. The third-order valence-electron chi connectivity index (χ3n) is 2.77. The van der Waals surface area contributed by atoms with Crippen molar-refractivity contribution in [1.29, 1.82) is 0 Å². The van der Waals surface area contributed by atoms with Crippen LogP contribution in [0.5, 0.6) is 0 Å². The van der Waals surface area contributed by atoms with Gasteiger partial charge in [0.2, 0.25) is 5.91 Å². The van der Waals surface area contributed by atoms with Crippen molar-refractivity contribution in [2.75, 3.05) is 45.1 Å². The lowest BCUT2D eigenvalue weighted by atomic mass is 10.2. The lowest BCUT2D eigenvalue weighted by Gasteiger charge is -2.21. The first-order valence-corrected chi connectivity index (χ1v) is 13.5. The van der Waals surface area contributed by atoms with E-state index >= 15 is 0 Å². The van der Waals surface area contributed by atoms with Crippen LogP contribution in [0.1, 0.15) is 69.2 Å². The van der Waals surface area contributed by atoms with Crippen LogP contribution in [0.4, 0.5) is 0 Å². The van der Waals surface area contributed by atoms with E-state index < -0.39 is 0 Å². The number of hydrogen-bond donors (Lipinski definition) is 3. The van der Waals surface area contributed by atoms with E-state index in [1.54, 1.807) is 6.92 Å². The fourth-order valence-corrected chi connectivity index (χ4v) is 4.24. The second kappa shape index (κ2) is 35.1. The maximum absolute atomic E-state index is 11.4. The van der Waals surface area contributed by atoms with Crippen LogP contribution in [0.3, 0.4) is 0 Å². The number of nitrogens with one attached hydrogen (secondary N) is 3. The molecule has 0 aliphatic heterocycles. The smallest absolute Gasteiger partial charge is 0.246 e. The summed E-state index contributed by atoms with van der Waals surface area (Å²) in [6, 6.07) is 0. The maximum Gasteiger partial charge on any atom is 0.246 e. The molecule has 0 bridgehead atoms. The van der Waals surface area contributed by atoms with Crippen LogP contribution in [0.15, 0.2) is 0 Å². The number of hydrogen-bond acceptors (Lipinski definition) is 6. The molecule has 0 radical (unpaired) electrons. The van der Waals surface area contributed by atoms with Gasteiger partial charge in [0.05, 0.1) is 18.5 Å². The fourth-order valence-electron chi connectivity index (χ4n) is 1.51. The minimum absolute atomic E-state index is 0.0873. The molecule has 1 amide bonds. The highest BCUT2D eigenvalue weighted by Crippen LogP contribution is 2.29. The molecule has 0 spiro atoms. The molecule has 5 nitrogen and oxygen atoms in total. The summed E-state index contributed by atoms with van der Waals surface area (Å²) >= 11 is 0. The number of carbonyl (C=O) groups is 1. The molecule has 0 aromatic carbocycles. The van der Waals surface area contributed by atoms with Crippen LogP contribution < -0.4 is 16.0 Å². The summed E-state index contributed by atoms with van der Waals surface area (Å²) in [5.41, 5.74) is 0. The maximum atomic E-state index is 11.4. The molecule has 0 heterocycles. The first-order chi connectivity index (χ1) is 14.1. The van der Waals surface area contributed by atoms with Crippen LogP contribution in [0.25, 0.3) is 0 Å². The number of rotatable bonds is 14. The third-order valence-corrected chi connectivity index (χ3v) is 5.72. The van der Waals surface area contributed by atoms with Gasteiger partial charge in [0.1, 0.15) is 6.61 Å². The van der Waals surface area contributed by atoms with Gasteiger partial charge in [0.15, 0.2) is 0 Å². The molecule has 1 atom stereocenters. The van der Waals surface area contributed by atoms with Gasteiger partial charge in [-0.25, -0.2) is 0 Å². The summed E-state index contributed by atoms with van der Waals surface area (Å²) in [4.78, 5) is 11.4. The molecule has 0 aromatic heterocycles. The molecule has 176 valence electrons. The van der Waals surface area contributed by atoms with Crippen molar-refractivity contribution in [3.05, 3.63) is 0 Å². The van der Waals surface area contributed by atoms with Crippen molar-refractivity contribution in [3.8, 4) is 11.8 Å². The highest BCUT2D eigenvalue weighted by Gasteiger charge is 2.13. The normalized spacial score (nSPS) is 10.0. The molecule has 0 saturated heterocycles. The molecular formula is C22H49N3O2S2. The average molecular weight is 452 g/mol. The molecule has 0 aliphatic carbocycles. The molecule has 1 unspecified atom stereocenters. The zero-order valence-electron chi connectivity index (χ0n) is 20.7. The second-order valence-corrected chi connectivity index (χ2v) is 7.78. The van der Waals surface area contributed by atoms with Crippen molar-refractivity contribution < 1.29 is 9.53 Å². The lowest BCUT2D eigenvalue weighted by Crippen LogP contribution is -2.34. The van der Waals surface area contributed by atoms with E-state index in [1.165, 1.54) is 0 Å². The van der Waals surface area contributed by atoms with Crippen LogP contribution in [-0.4, -0.2) is 56.4 Å². The molecule has 0 rings (SSSR count). The molecule has 0 fully saturated rings. The van der Waals surface area contributed by atoms with E-state index in [0.717, 1.165) is 25.4 Å². The fraction of sp³-hybridized carbons (Fsp3) is 0.864. The summed E-state index contributed by atoms with van der Waals surface area (Å²) in [7, 11) is 3.76. The van der Waals surface area contributed by atoms with Crippen molar-refractivity contribution in [2.45, 2.75) is 74.6 Å².